The van der Waals surface area contributed by atoms with E-state index in [0.29, 0.717) is 11.6 Å². The van der Waals surface area contributed by atoms with Crippen molar-refractivity contribution >= 4 is 27.1 Å². The van der Waals surface area contributed by atoms with Gasteiger partial charge in [-0.2, -0.15) is 9.61 Å². The molecule has 5 nitrogen and oxygen atoms in total. The summed E-state index contributed by atoms with van der Waals surface area (Å²) in [6.45, 7) is 0.213. The maximum absolute atomic E-state index is 13.0. The van der Waals surface area contributed by atoms with Crippen molar-refractivity contribution in [3.05, 3.63) is 88.9 Å². The van der Waals surface area contributed by atoms with E-state index in [1.807, 2.05) is 6.07 Å². The first-order valence-electron chi connectivity index (χ1n) is 8.81. The second-order valence-electron chi connectivity index (χ2n) is 6.36. The van der Waals surface area contributed by atoms with Crippen molar-refractivity contribution < 1.29 is 9.13 Å². The lowest BCUT2D eigenvalue weighted by atomic mass is 10.0. The van der Waals surface area contributed by atoms with E-state index in [4.69, 9.17) is 4.74 Å². The first kappa shape index (κ1) is 16.8. The lowest BCUT2D eigenvalue weighted by molar-refractivity contribution is 0.292. The van der Waals surface area contributed by atoms with Crippen molar-refractivity contribution in [2.45, 2.75) is 13.0 Å². The number of aromatic nitrogens is 4. The van der Waals surface area contributed by atoms with Crippen LogP contribution < -0.4 is 4.74 Å². The minimum Gasteiger partial charge on any atom is -0.486 e. The minimum atomic E-state index is -0.296. The van der Waals surface area contributed by atoms with E-state index in [1.165, 1.54) is 39.8 Å². The molecule has 0 saturated carbocycles. The van der Waals surface area contributed by atoms with E-state index in [9.17, 15) is 4.39 Å². The predicted molar refractivity (Wildman–Crippen MR) is 106 cm³/mol. The van der Waals surface area contributed by atoms with Crippen molar-refractivity contribution in [3.63, 3.8) is 0 Å². The van der Waals surface area contributed by atoms with Crippen LogP contribution in [-0.2, 0) is 13.0 Å². The lowest BCUT2D eigenvalue weighted by Gasteiger charge is -2.04. The molecule has 0 aliphatic heterocycles. The molecule has 0 aliphatic carbocycles. The molecular formula is C21H15FN4OS. The highest BCUT2D eigenvalue weighted by atomic mass is 32.1. The normalized spacial score (nSPS) is 11.3. The van der Waals surface area contributed by atoms with Crippen LogP contribution in [0.1, 0.15) is 16.4 Å². The summed E-state index contributed by atoms with van der Waals surface area (Å²) in [6.07, 6.45) is 0.730. The first-order chi connectivity index (χ1) is 13.8. The van der Waals surface area contributed by atoms with Gasteiger partial charge in [0.2, 0.25) is 4.96 Å². The fourth-order valence-corrected chi connectivity index (χ4v) is 4.02. The smallest absolute Gasteiger partial charge is 0.234 e. The van der Waals surface area contributed by atoms with Gasteiger partial charge in [-0.05, 0) is 40.6 Å². The van der Waals surface area contributed by atoms with Crippen LogP contribution in [-0.4, -0.2) is 19.8 Å². The van der Waals surface area contributed by atoms with E-state index in [2.05, 4.69) is 51.7 Å². The average Bonchev–Trinajstić information content (AvgIpc) is 3.28. The molecule has 138 valence electrons. The maximum Gasteiger partial charge on any atom is 0.234 e. The largest absolute Gasteiger partial charge is 0.486 e. The van der Waals surface area contributed by atoms with Crippen LogP contribution in [0.2, 0.25) is 0 Å². The Morgan fingerprint density at radius 3 is 2.64 bits per heavy atom. The summed E-state index contributed by atoms with van der Waals surface area (Å²) in [4.78, 5) is 0.730. The third-order valence-corrected chi connectivity index (χ3v) is 5.40. The van der Waals surface area contributed by atoms with Gasteiger partial charge in [-0.3, -0.25) is 0 Å². The number of halogens is 1. The summed E-state index contributed by atoms with van der Waals surface area (Å²) in [6, 6.07) is 20.5. The van der Waals surface area contributed by atoms with Gasteiger partial charge in [0.25, 0.3) is 0 Å². The van der Waals surface area contributed by atoms with Gasteiger partial charge >= 0.3 is 0 Å². The van der Waals surface area contributed by atoms with Crippen LogP contribution in [0.25, 0.3) is 15.7 Å². The highest BCUT2D eigenvalue weighted by Crippen LogP contribution is 2.24. The van der Waals surface area contributed by atoms with Gasteiger partial charge < -0.3 is 4.74 Å². The number of fused-ring (bicyclic) bond motifs is 2. The van der Waals surface area contributed by atoms with Crippen LogP contribution in [0, 0.1) is 5.82 Å². The Morgan fingerprint density at radius 2 is 1.75 bits per heavy atom. The molecule has 0 atom stereocenters. The predicted octanol–water partition coefficient (Wildman–Crippen LogP) is 4.65. The molecule has 2 aromatic heterocycles. The van der Waals surface area contributed by atoms with E-state index < -0.39 is 0 Å². The highest BCUT2D eigenvalue weighted by Gasteiger charge is 2.13. The molecule has 0 aliphatic rings. The van der Waals surface area contributed by atoms with Gasteiger partial charge in [0.15, 0.2) is 5.82 Å². The minimum absolute atomic E-state index is 0.213. The molecule has 0 radical (unpaired) electrons. The number of nitrogens with zero attached hydrogens (tertiary/aromatic N) is 4. The summed E-state index contributed by atoms with van der Waals surface area (Å²) in [5.41, 5.74) is 1.23. The third-order valence-electron chi connectivity index (χ3n) is 4.50. The van der Waals surface area contributed by atoms with Gasteiger partial charge in [0.1, 0.15) is 23.2 Å². The van der Waals surface area contributed by atoms with Crippen LogP contribution in [0.5, 0.6) is 5.75 Å². The van der Waals surface area contributed by atoms with Gasteiger partial charge in [0.05, 0.1) is 0 Å². The van der Waals surface area contributed by atoms with Gasteiger partial charge in [-0.25, -0.2) is 4.39 Å². The molecule has 0 fully saturated rings. The van der Waals surface area contributed by atoms with Crippen LogP contribution in [0.3, 0.4) is 0 Å². The standard InChI is InChI=1S/C21H15FN4OS/c22-16-8-10-17(11-9-16)27-13-19-23-24-21-26(19)25-20(28-21)12-15-6-3-5-14-4-1-2-7-18(14)15/h1-11H,12-13H2. The second-order valence-corrected chi connectivity index (χ2v) is 7.40. The Hall–Kier alpha value is -3.32. The van der Waals surface area contributed by atoms with Gasteiger partial charge in [-0.1, -0.05) is 53.8 Å². The van der Waals surface area contributed by atoms with Crippen LogP contribution >= 0.6 is 11.3 Å². The van der Waals surface area contributed by atoms with Crippen LogP contribution in [0.15, 0.2) is 66.7 Å². The maximum atomic E-state index is 13.0. The van der Waals surface area contributed by atoms with Crippen molar-refractivity contribution in [1.82, 2.24) is 19.8 Å². The Bertz CT molecular complexity index is 1260. The molecule has 0 unspecified atom stereocenters. The van der Waals surface area contributed by atoms with E-state index in [1.54, 1.807) is 16.6 Å². The van der Waals surface area contributed by atoms with Gasteiger partial charge in [-0.15, -0.1) is 10.2 Å². The molecule has 0 bridgehead atoms. The zero-order chi connectivity index (χ0) is 18.9. The molecule has 0 saturated heterocycles. The van der Waals surface area contributed by atoms with Crippen molar-refractivity contribution in [2.75, 3.05) is 0 Å². The molecule has 2 heterocycles. The number of hydrogen-bond acceptors (Lipinski definition) is 5. The molecule has 7 heteroatoms. The Balaban J connectivity index is 1.39. The van der Waals surface area contributed by atoms with E-state index in [0.717, 1.165) is 16.4 Å². The number of hydrogen-bond donors (Lipinski definition) is 0. The summed E-state index contributed by atoms with van der Waals surface area (Å²) >= 11 is 1.52. The van der Waals surface area contributed by atoms with Crippen LogP contribution in [0.4, 0.5) is 4.39 Å². The van der Waals surface area contributed by atoms with Gasteiger partial charge in [0, 0.05) is 6.42 Å². The fraction of sp³-hybridized carbons (Fsp3) is 0.0952. The average molecular weight is 390 g/mol. The Morgan fingerprint density at radius 1 is 0.929 bits per heavy atom. The SMILES string of the molecule is Fc1ccc(OCc2nnc3sc(Cc4cccc5ccccc45)nn23)cc1. The number of rotatable bonds is 5. The van der Waals surface area contributed by atoms with E-state index in [-0.39, 0.29) is 12.4 Å². The third kappa shape index (κ3) is 3.20. The van der Waals surface area contributed by atoms with E-state index >= 15 is 0 Å². The summed E-state index contributed by atoms with van der Waals surface area (Å²) < 4.78 is 20.4. The summed E-state index contributed by atoms with van der Waals surface area (Å²) in [5, 5.41) is 16.4. The Kier molecular flexibility index (Phi) is 4.21. The first-order valence-corrected chi connectivity index (χ1v) is 9.63. The Labute approximate surface area is 164 Å². The second kappa shape index (κ2) is 7.01. The molecular weight excluding hydrogens is 375 g/mol. The molecule has 5 rings (SSSR count). The van der Waals surface area contributed by atoms with Crippen molar-refractivity contribution in [3.8, 4) is 5.75 Å². The lowest BCUT2D eigenvalue weighted by Crippen LogP contribution is -2.03. The monoisotopic (exact) mass is 390 g/mol. The highest BCUT2D eigenvalue weighted by molar-refractivity contribution is 7.16. The van der Waals surface area contributed by atoms with Crippen molar-refractivity contribution in [1.29, 1.82) is 0 Å². The molecule has 5 aromatic rings. The topological polar surface area (TPSA) is 52.3 Å². The zero-order valence-electron chi connectivity index (χ0n) is 14.7. The molecule has 28 heavy (non-hydrogen) atoms. The number of benzene rings is 3. The molecule has 0 spiro atoms. The van der Waals surface area contributed by atoms with Crippen molar-refractivity contribution in [2.24, 2.45) is 0 Å². The fourth-order valence-electron chi connectivity index (χ4n) is 3.15. The zero-order valence-corrected chi connectivity index (χ0v) is 15.6. The summed E-state index contributed by atoms with van der Waals surface area (Å²) in [5.74, 6) is 0.888. The molecule has 3 aromatic carbocycles. The number of ether oxygens (including phenoxy) is 1. The molecule has 0 amide bonds. The quantitative estimate of drug-likeness (QED) is 0.438. The summed E-state index contributed by atoms with van der Waals surface area (Å²) in [7, 11) is 0. The molecule has 0 N–H and O–H groups in total.